The Labute approximate surface area is 102 Å². The van der Waals surface area contributed by atoms with Crippen LogP contribution >= 0.6 is 0 Å². The number of halogens is 2. The number of amides is 2. The molecule has 0 atom stereocenters. The van der Waals surface area contributed by atoms with Crippen molar-refractivity contribution in [3.8, 4) is 0 Å². The molecule has 1 aliphatic rings. The summed E-state index contributed by atoms with van der Waals surface area (Å²) >= 11 is 0. The number of ether oxygens (including phenoxy) is 2. The van der Waals surface area contributed by atoms with Crippen LogP contribution in [0.15, 0.2) is 0 Å². The van der Waals surface area contributed by atoms with E-state index in [0.29, 0.717) is 0 Å². The summed E-state index contributed by atoms with van der Waals surface area (Å²) in [6.45, 7) is -1.05. The minimum Gasteiger partial charge on any atom is -0.463 e. The molecule has 0 radical (unpaired) electrons. The molecule has 0 aliphatic carbocycles. The Bertz CT molecular complexity index is 318. The molecule has 0 saturated carbocycles. The van der Waals surface area contributed by atoms with E-state index in [1.165, 1.54) is 0 Å². The van der Waals surface area contributed by atoms with Gasteiger partial charge in [0, 0.05) is 12.8 Å². The van der Waals surface area contributed by atoms with Crippen molar-refractivity contribution < 1.29 is 32.6 Å². The Morgan fingerprint density at radius 1 is 1.28 bits per heavy atom. The largest absolute Gasteiger partial charge is 0.463 e. The average molecular weight is 265 g/mol. The number of imide groups is 1. The maximum Gasteiger partial charge on any atom is 0.310 e. The van der Waals surface area contributed by atoms with Gasteiger partial charge in [-0.1, -0.05) is 0 Å². The van der Waals surface area contributed by atoms with Gasteiger partial charge in [0.05, 0.1) is 12.5 Å². The van der Waals surface area contributed by atoms with E-state index >= 15 is 0 Å². The number of carbonyl (C=O) groups is 3. The third-order valence-corrected chi connectivity index (χ3v) is 2.19. The van der Waals surface area contributed by atoms with Crippen LogP contribution in [0.4, 0.5) is 8.78 Å². The second-order valence-electron chi connectivity index (χ2n) is 3.71. The molecule has 1 N–H and O–H groups in total. The molecular weight excluding hydrogens is 252 g/mol. The predicted molar refractivity (Wildman–Crippen MR) is 53.7 cm³/mol. The van der Waals surface area contributed by atoms with Gasteiger partial charge >= 0.3 is 5.97 Å². The van der Waals surface area contributed by atoms with E-state index < -0.39 is 36.7 Å². The van der Waals surface area contributed by atoms with Gasteiger partial charge in [-0.25, -0.2) is 8.78 Å². The number of rotatable bonds is 6. The van der Waals surface area contributed by atoms with Crippen LogP contribution in [0.25, 0.3) is 0 Å². The molecule has 8 heteroatoms. The number of nitrogens with one attached hydrogen (secondary N) is 1. The molecule has 2 amide bonds. The third kappa shape index (κ3) is 5.17. The fourth-order valence-electron chi connectivity index (χ4n) is 1.44. The van der Waals surface area contributed by atoms with Gasteiger partial charge in [-0.2, -0.15) is 0 Å². The van der Waals surface area contributed by atoms with E-state index in [-0.39, 0.29) is 26.1 Å². The zero-order valence-electron chi connectivity index (χ0n) is 9.49. The van der Waals surface area contributed by atoms with Crippen LogP contribution in [0.5, 0.6) is 0 Å². The smallest absolute Gasteiger partial charge is 0.310 e. The van der Waals surface area contributed by atoms with Crippen LogP contribution in [0, 0.1) is 5.92 Å². The lowest BCUT2D eigenvalue weighted by atomic mass is 9.97. The van der Waals surface area contributed by atoms with Crippen molar-refractivity contribution in [1.29, 1.82) is 0 Å². The van der Waals surface area contributed by atoms with Crippen LogP contribution in [0.3, 0.4) is 0 Å². The molecule has 1 saturated heterocycles. The highest BCUT2D eigenvalue weighted by molar-refractivity contribution is 6.01. The van der Waals surface area contributed by atoms with E-state index in [4.69, 9.17) is 4.74 Å². The summed E-state index contributed by atoms with van der Waals surface area (Å²) in [5.41, 5.74) is 0. The third-order valence-electron chi connectivity index (χ3n) is 2.19. The average Bonchev–Trinajstić information content (AvgIpc) is 2.26. The van der Waals surface area contributed by atoms with Gasteiger partial charge in [-0.05, 0) is 0 Å². The summed E-state index contributed by atoms with van der Waals surface area (Å²) in [5.74, 6) is -2.55. The van der Waals surface area contributed by atoms with Crippen molar-refractivity contribution in [2.45, 2.75) is 19.3 Å². The molecule has 1 heterocycles. The first-order valence-electron chi connectivity index (χ1n) is 5.34. The van der Waals surface area contributed by atoms with E-state index in [9.17, 15) is 23.2 Å². The van der Waals surface area contributed by atoms with E-state index in [1.54, 1.807) is 0 Å². The summed E-state index contributed by atoms with van der Waals surface area (Å²) in [7, 11) is 0. The number of hydrogen-bond donors (Lipinski definition) is 1. The molecule has 18 heavy (non-hydrogen) atoms. The molecule has 1 aliphatic heterocycles. The van der Waals surface area contributed by atoms with Gasteiger partial charge in [0.25, 0.3) is 6.43 Å². The maximum atomic E-state index is 11.7. The highest BCUT2D eigenvalue weighted by Crippen LogP contribution is 2.15. The Morgan fingerprint density at radius 2 is 1.89 bits per heavy atom. The highest BCUT2D eigenvalue weighted by atomic mass is 19.3. The SMILES string of the molecule is O=C1CC(C(=O)OCCOCC(F)F)CC(=O)N1. The van der Waals surface area contributed by atoms with Gasteiger partial charge in [-0.3, -0.25) is 19.7 Å². The predicted octanol–water partition coefficient (Wildman–Crippen LogP) is -0.136. The van der Waals surface area contributed by atoms with Crippen molar-refractivity contribution in [3.63, 3.8) is 0 Å². The van der Waals surface area contributed by atoms with Gasteiger partial charge in [0.1, 0.15) is 13.2 Å². The minimum atomic E-state index is -2.57. The molecule has 1 rings (SSSR count). The van der Waals surface area contributed by atoms with Crippen molar-refractivity contribution in [2.24, 2.45) is 5.92 Å². The number of carbonyl (C=O) groups excluding carboxylic acids is 3. The lowest BCUT2D eigenvalue weighted by molar-refractivity contribution is -0.156. The number of hydrogen-bond acceptors (Lipinski definition) is 5. The first-order valence-corrected chi connectivity index (χ1v) is 5.34. The van der Waals surface area contributed by atoms with Gasteiger partial charge in [-0.15, -0.1) is 0 Å². The maximum absolute atomic E-state index is 11.7. The lowest BCUT2D eigenvalue weighted by Gasteiger charge is -2.19. The quantitative estimate of drug-likeness (QED) is 0.411. The van der Waals surface area contributed by atoms with E-state index in [2.05, 4.69) is 10.1 Å². The van der Waals surface area contributed by atoms with E-state index in [0.717, 1.165) is 0 Å². The second-order valence-corrected chi connectivity index (χ2v) is 3.71. The minimum absolute atomic E-state index is 0.109. The topological polar surface area (TPSA) is 81.7 Å². The normalized spacial score (nSPS) is 16.8. The monoisotopic (exact) mass is 265 g/mol. The zero-order valence-corrected chi connectivity index (χ0v) is 9.49. The molecule has 102 valence electrons. The fourth-order valence-corrected chi connectivity index (χ4v) is 1.44. The van der Waals surface area contributed by atoms with Gasteiger partial charge in [0.2, 0.25) is 11.8 Å². The van der Waals surface area contributed by atoms with Gasteiger partial charge in [0.15, 0.2) is 0 Å². The van der Waals surface area contributed by atoms with Crippen LogP contribution in [-0.2, 0) is 23.9 Å². The molecule has 0 unspecified atom stereocenters. The van der Waals surface area contributed by atoms with Crippen LogP contribution in [0.1, 0.15) is 12.8 Å². The molecular formula is C10H13F2NO5. The molecule has 0 aromatic rings. The number of alkyl halides is 2. The van der Waals surface area contributed by atoms with Crippen molar-refractivity contribution in [1.82, 2.24) is 5.32 Å². The van der Waals surface area contributed by atoms with Gasteiger partial charge < -0.3 is 9.47 Å². The first kappa shape index (κ1) is 14.5. The highest BCUT2D eigenvalue weighted by Gasteiger charge is 2.31. The van der Waals surface area contributed by atoms with Crippen LogP contribution in [0.2, 0.25) is 0 Å². The standard InChI is InChI=1S/C10H13F2NO5/c11-7(12)5-17-1-2-18-10(16)6-3-8(14)13-9(15)4-6/h6-7H,1-5H2,(H,13,14,15). The lowest BCUT2D eigenvalue weighted by Crippen LogP contribution is -2.41. The summed E-state index contributed by atoms with van der Waals surface area (Å²) in [4.78, 5) is 33.4. The summed E-state index contributed by atoms with van der Waals surface area (Å²) < 4.78 is 32.6. The second kappa shape index (κ2) is 7.00. The Hall–Kier alpha value is -1.57. The Morgan fingerprint density at radius 3 is 2.44 bits per heavy atom. The molecule has 6 nitrogen and oxygen atoms in total. The van der Waals surface area contributed by atoms with Crippen molar-refractivity contribution in [3.05, 3.63) is 0 Å². The van der Waals surface area contributed by atoms with Crippen LogP contribution in [-0.4, -0.2) is 44.0 Å². The summed E-state index contributed by atoms with van der Waals surface area (Å²) in [5, 5.41) is 2.06. The first-order chi connectivity index (χ1) is 8.49. The van der Waals surface area contributed by atoms with Crippen molar-refractivity contribution >= 4 is 17.8 Å². The van der Waals surface area contributed by atoms with Crippen LogP contribution < -0.4 is 5.32 Å². The molecule has 1 fully saturated rings. The zero-order chi connectivity index (χ0) is 13.5. The molecule has 0 spiro atoms. The fraction of sp³-hybridized carbons (Fsp3) is 0.700. The molecule has 0 aromatic heterocycles. The summed E-state index contributed by atoms with van der Waals surface area (Å²) in [6.07, 6.45) is -2.79. The summed E-state index contributed by atoms with van der Waals surface area (Å²) in [6, 6.07) is 0. The van der Waals surface area contributed by atoms with E-state index in [1.807, 2.05) is 0 Å². The number of piperidine rings is 1. The molecule has 0 bridgehead atoms. The van der Waals surface area contributed by atoms with Crippen molar-refractivity contribution in [2.75, 3.05) is 19.8 Å². The number of esters is 1. The molecule has 0 aromatic carbocycles. The Balaban J connectivity index is 2.20. The Kier molecular flexibility index (Phi) is 5.63.